The van der Waals surface area contributed by atoms with Gasteiger partial charge in [0, 0.05) is 18.8 Å². The van der Waals surface area contributed by atoms with Crippen molar-refractivity contribution in [3.05, 3.63) is 64.4 Å². The van der Waals surface area contributed by atoms with Crippen LogP contribution in [0.5, 0.6) is 11.5 Å². The van der Waals surface area contributed by atoms with E-state index in [2.05, 4.69) is 31.3 Å². The van der Waals surface area contributed by atoms with Crippen LogP contribution in [-0.2, 0) is 0 Å². The van der Waals surface area contributed by atoms with E-state index in [4.69, 9.17) is 21.9 Å². The van der Waals surface area contributed by atoms with Crippen molar-refractivity contribution in [1.82, 2.24) is 4.98 Å². The number of anilines is 1. The van der Waals surface area contributed by atoms with E-state index in [0.717, 1.165) is 33.7 Å². The topological polar surface area (TPSA) is 70.4 Å². The molecule has 28 heavy (non-hydrogen) atoms. The van der Waals surface area contributed by atoms with Crippen molar-refractivity contribution in [2.24, 2.45) is 11.0 Å². The molecular formula is C21H18BrClN4O. The van der Waals surface area contributed by atoms with Crippen LogP contribution in [-0.4, -0.2) is 11.5 Å². The normalized spacial score (nSPS) is 13.2. The molecule has 2 aromatic carbocycles. The summed E-state index contributed by atoms with van der Waals surface area (Å²) in [6.45, 7) is 0.930. The van der Waals surface area contributed by atoms with E-state index in [1.54, 1.807) is 18.3 Å². The molecule has 7 heteroatoms. The summed E-state index contributed by atoms with van der Waals surface area (Å²) < 4.78 is 6.61. The fourth-order valence-electron chi connectivity index (χ4n) is 2.90. The van der Waals surface area contributed by atoms with E-state index < -0.39 is 0 Å². The van der Waals surface area contributed by atoms with Crippen LogP contribution in [0.4, 0.5) is 11.4 Å². The molecule has 1 saturated carbocycles. The highest BCUT2D eigenvalue weighted by atomic mass is 79.9. The molecule has 0 radical (unpaired) electrons. The van der Waals surface area contributed by atoms with Crippen molar-refractivity contribution in [3.63, 3.8) is 0 Å². The number of pyridine rings is 1. The minimum Gasteiger partial charge on any atom is -0.457 e. The van der Waals surface area contributed by atoms with Crippen LogP contribution in [0.15, 0.2) is 64.3 Å². The molecule has 4 rings (SSSR count). The molecule has 0 bridgehead atoms. The summed E-state index contributed by atoms with van der Waals surface area (Å²) in [5, 5.41) is 7.53. The predicted molar refractivity (Wildman–Crippen MR) is 115 cm³/mol. The molecule has 1 fully saturated rings. The Labute approximate surface area is 176 Å². The molecule has 5 nitrogen and oxygen atoms in total. The Kier molecular flexibility index (Phi) is 5.59. The average molecular weight is 458 g/mol. The summed E-state index contributed by atoms with van der Waals surface area (Å²) >= 11 is 9.52. The maximum atomic E-state index is 7.58. The number of rotatable bonds is 7. The average Bonchev–Trinajstić information content (AvgIpc) is 3.52. The number of aromatic nitrogens is 1. The van der Waals surface area contributed by atoms with Crippen LogP contribution in [0.2, 0.25) is 5.15 Å². The number of halogens is 2. The van der Waals surface area contributed by atoms with Crippen molar-refractivity contribution in [2.45, 2.75) is 12.8 Å². The Morgan fingerprint density at radius 2 is 1.93 bits per heavy atom. The van der Waals surface area contributed by atoms with E-state index in [0.29, 0.717) is 22.3 Å². The predicted octanol–water partition coefficient (Wildman–Crippen LogP) is 7.44. The SMILES string of the molecule is N=Nc1c(NCC2CC2)ccc(-c2ccc(Oc3ccnc(Cl)c3)cc2)c1Br. The van der Waals surface area contributed by atoms with Crippen LogP contribution in [0, 0.1) is 11.4 Å². The van der Waals surface area contributed by atoms with E-state index >= 15 is 0 Å². The fourth-order valence-corrected chi connectivity index (χ4v) is 3.73. The van der Waals surface area contributed by atoms with Gasteiger partial charge in [0.05, 0.1) is 10.2 Å². The molecule has 0 amide bonds. The van der Waals surface area contributed by atoms with Gasteiger partial charge in [-0.2, -0.15) is 5.11 Å². The summed E-state index contributed by atoms with van der Waals surface area (Å²) in [7, 11) is 0. The third-order valence-electron chi connectivity index (χ3n) is 4.61. The minimum atomic E-state index is 0.389. The van der Waals surface area contributed by atoms with Gasteiger partial charge in [0.25, 0.3) is 0 Å². The van der Waals surface area contributed by atoms with Crippen molar-refractivity contribution >= 4 is 38.9 Å². The zero-order chi connectivity index (χ0) is 19.5. The summed E-state index contributed by atoms with van der Waals surface area (Å²) in [5.41, 5.74) is 11.1. The molecule has 0 saturated heterocycles. The lowest BCUT2D eigenvalue weighted by Crippen LogP contribution is -2.03. The van der Waals surface area contributed by atoms with Crippen molar-refractivity contribution in [2.75, 3.05) is 11.9 Å². The number of benzene rings is 2. The summed E-state index contributed by atoms with van der Waals surface area (Å²) in [5.74, 6) is 2.09. The highest BCUT2D eigenvalue weighted by Crippen LogP contribution is 2.42. The van der Waals surface area contributed by atoms with Crippen molar-refractivity contribution in [1.29, 1.82) is 5.53 Å². The van der Waals surface area contributed by atoms with Crippen LogP contribution in [0.3, 0.4) is 0 Å². The monoisotopic (exact) mass is 456 g/mol. The van der Waals surface area contributed by atoms with Crippen molar-refractivity contribution in [3.8, 4) is 22.6 Å². The van der Waals surface area contributed by atoms with Gasteiger partial charge in [-0.05, 0) is 70.1 Å². The molecular weight excluding hydrogens is 440 g/mol. The molecule has 0 unspecified atom stereocenters. The second-order valence-corrected chi connectivity index (χ2v) is 7.88. The number of nitrogens with one attached hydrogen (secondary N) is 2. The van der Waals surface area contributed by atoms with E-state index in [1.807, 2.05) is 36.4 Å². The Balaban J connectivity index is 1.55. The molecule has 1 aliphatic rings. The van der Waals surface area contributed by atoms with Crippen LogP contribution in [0.1, 0.15) is 12.8 Å². The van der Waals surface area contributed by atoms with Crippen LogP contribution >= 0.6 is 27.5 Å². The van der Waals surface area contributed by atoms with E-state index in [9.17, 15) is 0 Å². The summed E-state index contributed by atoms with van der Waals surface area (Å²) in [4.78, 5) is 3.95. The number of hydrogen-bond donors (Lipinski definition) is 2. The van der Waals surface area contributed by atoms with Gasteiger partial charge in [0.1, 0.15) is 22.3 Å². The van der Waals surface area contributed by atoms with Crippen LogP contribution < -0.4 is 10.1 Å². The Morgan fingerprint density at radius 1 is 1.14 bits per heavy atom. The number of ether oxygens (including phenoxy) is 1. The highest BCUT2D eigenvalue weighted by molar-refractivity contribution is 9.10. The highest BCUT2D eigenvalue weighted by Gasteiger charge is 2.21. The molecule has 2 N–H and O–H groups in total. The largest absolute Gasteiger partial charge is 0.457 e. The molecule has 0 atom stereocenters. The molecule has 1 aromatic heterocycles. The minimum absolute atomic E-state index is 0.389. The molecule has 142 valence electrons. The third kappa shape index (κ3) is 4.34. The fraction of sp³-hybridized carbons (Fsp3) is 0.190. The first-order valence-corrected chi connectivity index (χ1v) is 10.1. The molecule has 0 aliphatic heterocycles. The van der Waals surface area contributed by atoms with Gasteiger partial charge in [-0.15, -0.1) is 0 Å². The first kappa shape index (κ1) is 18.9. The number of nitrogens with zero attached hydrogens (tertiary/aromatic N) is 2. The van der Waals surface area contributed by atoms with Gasteiger partial charge in [-0.3, -0.25) is 0 Å². The molecule has 1 aliphatic carbocycles. The van der Waals surface area contributed by atoms with E-state index in [1.165, 1.54) is 12.8 Å². The lowest BCUT2D eigenvalue weighted by atomic mass is 10.0. The summed E-state index contributed by atoms with van der Waals surface area (Å²) in [6, 6.07) is 15.2. The first-order chi connectivity index (χ1) is 13.6. The zero-order valence-electron chi connectivity index (χ0n) is 15.0. The molecule has 3 aromatic rings. The van der Waals surface area contributed by atoms with Gasteiger partial charge in [0.15, 0.2) is 0 Å². The van der Waals surface area contributed by atoms with Crippen LogP contribution in [0.25, 0.3) is 11.1 Å². The lowest BCUT2D eigenvalue weighted by Gasteiger charge is -2.13. The lowest BCUT2D eigenvalue weighted by molar-refractivity contribution is 0.482. The zero-order valence-corrected chi connectivity index (χ0v) is 17.3. The molecule has 1 heterocycles. The van der Waals surface area contributed by atoms with Gasteiger partial charge in [0.2, 0.25) is 0 Å². The van der Waals surface area contributed by atoms with E-state index in [-0.39, 0.29) is 0 Å². The van der Waals surface area contributed by atoms with Gasteiger partial charge < -0.3 is 10.1 Å². The maximum absolute atomic E-state index is 7.58. The Hall–Kier alpha value is -2.44. The first-order valence-electron chi connectivity index (χ1n) is 8.97. The second kappa shape index (κ2) is 8.29. The Bertz CT molecular complexity index is 1010. The Morgan fingerprint density at radius 3 is 2.61 bits per heavy atom. The number of hydrogen-bond acceptors (Lipinski definition) is 5. The second-order valence-electron chi connectivity index (χ2n) is 6.70. The summed E-state index contributed by atoms with van der Waals surface area (Å²) in [6.07, 6.45) is 4.16. The van der Waals surface area contributed by atoms with Gasteiger partial charge >= 0.3 is 0 Å². The molecule has 0 spiro atoms. The van der Waals surface area contributed by atoms with Crippen molar-refractivity contribution < 1.29 is 4.74 Å². The standard InChI is InChI=1S/C21H18BrClN4O/c22-20-17(7-8-18(21(20)27-24)26-12-13-1-2-13)14-3-5-15(6-4-14)28-16-9-10-25-19(23)11-16/h3-11,13,24,26H,1-2,12H2. The maximum Gasteiger partial charge on any atom is 0.132 e. The third-order valence-corrected chi connectivity index (χ3v) is 5.61. The quantitative estimate of drug-likeness (QED) is 0.286. The smallest absolute Gasteiger partial charge is 0.132 e. The van der Waals surface area contributed by atoms with Gasteiger partial charge in [-0.1, -0.05) is 29.8 Å². The van der Waals surface area contributed by atoms with Gasteiger partial charge in [-0.25, -0.2) is 10.5 Å².